The van der Waals surface area contributed by atoms with Crippen molar-refractivity contribution in [1.82, 2.24) is 0 Å². The first-order valence-corrected chi connectivity index (χ1v) is 8.50. The molecule has 0 bridgehead atoms. The summed E-state index contributed by atoms with van der Waals surface area (Å²) in [7, 11) is 0. The van der Waals surface area contributed by atoms with E-state index in [1.54, 1.807) is 6.92 Å². The van der Waals surface area contributed by atoms with Crippen LogP contribution >= 0.6 is 11.3 Å². The van der Waals surface area contributed by atoms with E-state index in [1.165, 1.54) is 11.3 Å². The van der Waals surface area contributed by atoms with Crippen molar-refractivity contribution in [3.8, 4) is 0 Å². The Hall–Kier alpha value is -1.89. The predicted molar refractivity (Wildman–Crippen MR) is 88.9 cm³/mol. The number of amides is 1. The Labute approximate surface area is 140 Å². The number of aryl methyl sites for hydroxylation is 1. The number of nitrogens with one attached hydrogen (secondary N) is 1. The Morgan fingerprint density at radius 2 is 1.83 bits per heavy atom. The van der Waals surface area contributed by atoms with Gasteiger partial charge in [0, 0.05) is 11.3 Å². The molecule has 1 amide bonds. The Morgan fingerprint density at radius 1 is 1.13 bits per heavy atom. The standard InChI is InChI=1S/C16H23NO5S/c1-5-8-13(19)22-9-12(18)17-15-14(16(20)21-7-3)11(6-2)10(4)23-15/h5-9H2,1-4H3,(H,17,18). The number of hydrogen-bond acceptors (Lipinski definition) is 6. The molecular formula is C16H23NO5S. The highest BCUT2D eigenvalue weighted by Gasteiger charge is 2.23. The second kappa shape index (κ2) is 9.29. The van der Waals surface area contributed by atoms with Gasteiger partial charge >= 0.3 is 11.9 Å². The molecule has 0 atom stereocenters. The average molecular weight is 341 g/mol. The predicted octanol–water partition coefficient (Wildman–Crippen LogP) is 3.08. The number of ether oxygens (including phenoxy) is 2. The van der Waals surface area contributed by atoms with Gasteiger partial charge in [0.2, 0.25) is 0 Å². The van der Waals surface area contributed by atoms with E-state index in [1.807, 2.05) is 20.8 Å². The van der Waals surface area contributed by atoms with E-state index in [0.717, 1.165) is 10.4 Å². The third kappa shape index (κ3) is 5.35. The molecule has 0 saturated heterocycles. The van der Waals surface area contributed by atoms with Crippen LogP contribution in [-0.4, -0.2) is 31.1 Å². The van der Waals surface area contributed by atoms with Gasteiger partial charge in [0.25, 0.3) is 5.91 Å². The number of carbonyl (C=O) groups excluding carboxylic acids is 3. The molecule has 1 rings (SSSR count). The largest absolute Gasteiger partial charge is 0.462 e. The summed E-state index contributed by atoms with van der Waals surface area (Å²) in [6, 6.07) is 0. The molecule has 0 spiro atoms. The molecule has 7 heteroatoms. The van der Waals surface area contributed by atoms with Crippen LogP contribution in [0.3, 0.4) is 0 Å². The summed E-state index contributed by atoms with van der Waals surface area (Å²) in [6.45, 7) is 7.32. The molecule has 128 valence electrons. The van der Waals surface area contributed by atoms with Gasteiger partial charge in [-0.1, -0.05) is 13.8 Å². The number of hydrogen-bond donors (Lipinski definition) is 1. The van der Waals surface area contributed by atoms with Crippen molar-refractivity contribution in [2.75, 3.05) is 18.5 Å². The number of esters is 2. The minimum Gasteiger partial charge on any atom is -0.462 e. The van der Waals surface area contributed by atoms with Crippen molar-refractivity contribution in [3.63, 3.8) is 0 Å². The van der Waals surface area contributed by atoms with E-state index in [4.69, 9.17) is 9.47 Å². The van der Waals surface area contributed by atoms with Crippen LogP contribution in [0.15, 0.2) is 0 Å². The van der Waals surface area contributed by atoms with Gasteiger partial charge in [0.15, 0.2) is 6.61 Å². The van der Waals surface area contributed by atoms with E-state index in [-0.39, 0.29) is 19.6 Å². The molecule has 0 aliphatic carbocycles. The van der Waals surface area contributed by atoms with Crippen molar-refractivity contribution >= 4 is 34.2 Å². The van der Waals surface area contributed by atoms with Crippen LogP contribution in [0.25, 0.3) is 0 Å². The highest BCUT2D eigenvalue weighted by molar-refractivity contribution is 7.16. The first kappa shape index (κ1) is 19.2. The van der Waals surface area contributed by atoms with Crippen molar-refractivity contribution < 1.29 is 23.9 Å². The van der Waals surface area contributed by atoms with Crippen LogP contribution in [0.1, 0.15) is 54.4 Å². The molecule has 0 aliphatic heterocycles. The summed E-state index contributed by atoms with van der Waals surface area (Å²) in [4.78, 5) is 36.3. The number of thiophene rings is 1. The number of carbonyl (C=O) groups is 3. The van der Waals surface area contributed by atoms with E-state index in [9.17, 15) is 14.4 Å². The molecule has 0 aromatic carbocycles. The lowest BCUT2D eigenvalue weighted by Gasteiger charge is -2.08. The molecular weight excluding hydrogens is 318 g/mol. The summed E-state index contributed by atoms with van der Waals surface area (Å²) in [6.07, 6.45) is 1.61. The van der Waals surface area contributed by atoms with E-state index >= 15 is 0 Å². The van der Waals surface area contributed by atoms with Gasteiger partial charge in [0.1, 0.15) is 5.00 Å². The van der Waals surface area contributed by atoms with Gasteiger partial charge in [0.05, 0.1) is 12.2 Å². The SMILES string of the molecule is CCCC(=O)OCC(=O)Nc1sc(C)c(CC)c1C(=O)OCC. The third-order valence-electron chi connectivity index (χ3n) is 3.11. The molecule has 0 unspecified atom stereocenters. The van der Waals surface area contributed by atoms with Crippen LogP contribution in [0, 0.1) is 6.92 Å². The lowest BCUT2D eigenvalue weighted by atomic mass is 10.1. The maximum Gasteiger partial charge on any atom is 0.341 e. The molecule has 1 heterocycles. The number of rotatable bonds is 8. The van der Waals surface area contributed by atoms with Gasteiger partial charge in [-0.2, -0.15) is 0 Å². The van der Waals surface area contributed by atoms with Crippen LogP contribution in [0.2, 0.25) is 0 Å². The first-order chi connectivity index (χ1) is 10.9. The van der Waals surface area contributed by atoms with E-state index < -0.39 is 17.8 Å². The summed E-state index contributed by atoms with van der Waals surface area (Å²) < 4.78 is 9.93. The molecule has 0 aliphatic rings. The molecule has 6 nitrogen and oxygen atoms in total. The monoisotopic (exact) mass is 341 g/mol. The van der Waals surface area contributed by atoms with Crippen LogP contribution in [-0.2, 0) is 25.5 Å². The Balaban J connectivity index is 2.85. The van der Waals surface area contributed by atoms with Crippen molar-refractivity contribution in [3.05, 3.63) is 16.0 Å². The molecule has 0 radical (unpaired) electrons. The summed E-state index contributed by atoms with van der Waals surface area (Å²) in [5, 5.41) is 3.08. The molecule has 23 heavy (non-hydrogen) atoms. The van der Waals surface area contributed by atoms with Gasteiger partial charge < -0.3 is 14.8 Å². The van der Waals surface area contributed by atoms with Gasteiger partial charge in [-0.15, -0.1) is 11.3 Å². The zero-order valence-corrected chi connectivity index (χ0v) is 14.8. The molecule has 1 N–H and O–H groups in total. The second-order valence-electron chi connectivity index (χ2n) is 4.87. The first-order valence-electron chi connectivity index (χ1n) is 7.69. The van der Waals surface area contributed by atoms with Crippen LogP contribution < -0.4 is 5.32 Å². The van der Waals surface area contributed by atoms with Gasteiger partial charge in [-0.25, -0.2) is 4.79 Å². The molecule has 0 saturated carbocycles. The maximum absolute atomic E-state index is 12.1. The van der Waals surface area contributed by atoms with Gasteiger partial charge in [-0.05, 0) is 32.3 Å². The quantitative estimate of drug-likeness (QED) is 0.735. The molecule has 1 aromatic heterocycles. The van der Waals surface area contributed by atoms with E-state index in [0.29, 0.717) is 23.4 Å². The average Bonchev–Trinajstić information content (AvgIpc) is 2.81. The lowest BCUT2D eigenvalue weighted by molar-refractivity contribution is -0.147. The minimum atomic E-state index is -0.469. The number of anilines is 1. The zero-order chi connectivity index (χ0) is 17.4. The fourth-order valence-electron chi connectivity index (χ4n) is 2.10. The lowest BCUT2D eigenvalue weighted by Crippen LogP contribution is -2.21. The van der Waals surface area contributed by atoms with Crippen molar-refractivity contribution in [1.29, 1.82) is 0 Å². The minimum absolute atomic E-state index is 0.263. The smallest absolute Gasteiger partial charge is 0.341 e. The molecule has 0 fully saturated rings. The fraction of sp³-hybridized carbons (Fsp3) is 0.562. The normalized spacial score (nSPS) is 10.3. The summed E-state index contributed by atoms with van der Waals surface area (Å²) in [5.41, 5.74) is 1.26. The Kier molecular flexibility index (Phi) is 7.74. The zero-order valence-electron chi connectivity index (χ0n) is 14.0. The fourth-order valence-corrected chi connectivity index (χ4v) is 3.25. The van der Waals surface area contributed by atoms with Crippen molar-refractivity contribution in [2.45, 2.75) is 47.0 Å². The van der Waals surface area contributed by atoms with Crippen molar-refractivity contribution in [2.24, 2.45) is 0 Å². The topological polar surface area (TPSA) is 81.7 Å². The van der Waals surface area contributed by atoms with Crippen LogP contribution in [0.5, 0.6) is 0 Å². The Morgan fingerprint density at radius 3 is 2.39 bits per heavy atom. The van der Waals surface area contributed by atoms with E-state index in [2.05, 4.69) is 5.32 Å². The highest BCUT2D eigenvalue weighted by atomic mass is 32.1. The summed E-state index contributed by atoms with van der Waals surface area (Å²) >= 11 is 1.32. The second-order valence-corrected chi connectivity index (χ2v) is 6.10. The highest BCUT2D eigenvalue weighted by Crippen LogP contribution is 2.34. The Bertz CT molecular complexity index is 579. The summed E-state index contributed by atoms with van der Waals surface area (Å²) in [5.74, 6) is -1.33. The van der Waals surface area contributed by atoms with Crippen LogP contribution in [0.4, 0.5) is 5.00 Å². The molecule has 1 aromatic rings. The third-order valence-corrected chi connectivity index (χ3v) is 4.18. The van der Waals surface area contributed by atoms with Gasteiger partial charge in [-0.3, -0.25) is 9.59 Å². The maximum atomic E-state index is 12.1.